The van der Waals surface area contributed by atoms with Crippen LogP contribution in [-0.2, 0) is 14.8 Å². The zero-order valence-corrected chi connectivity index (χ0v) is 15.4. The lowest BCUT2D eigenvalue weighted by Crippen LogP contribution is -2.26. The van der Waals surface area contributed by atoms with E-state index in [2.05, 4.69) is 10.0 Å². The van der Waals surface area contributed by atoms with Crippen molar-refractivity contribution < 1.29 is 22.3 Å². The van der Waals surface area contributed by atoms with Crippen LogP contribution in [0.15, 0.2) is 47.4 Å². The summed E-state index contributed by atoms with van der Waals surface area (Å²) in [5, 5.41) is 2.71. The summed E-state index contributed by atoms with van der Waals surface area (Å²) in [7, 11) is -2.38. The minimum Gasteiger partial charge on any atom is -0.385 e. The van der Waals surface area contributed by atoms with Crippen molar-refractivity contribution >= 4 is 21.6 Å². The van der Waals surface area contributed by atoms with Crippen LogP contribution < -0.4 is 10.0 Å². The number of sulfonamides is 1. The van der Waals surface area contributed by atoms with Gasteiger partial charge in [-0.05, 0) is 49.2 Å². The molecule has 2 aromatic rings. The largest absolute Gasteiger partial charge is 0.385 e. The molecule has 2 aromatic carbocycles. The molecule has 0 aliphatic rings. The van der Waals surface area contributed by atoms with E-state index in [9.17, 15) is 17.6 Å². The van der Waals surface area contributed by atoms with Crippen LogP contribution in [0.2, 0.25) is 0 Å². The van der Waals surface area contributed by atoms with Gasteiger partial charge in [0.2, 0.25) is 0 Å². The first-order valence-electron chi connectivity index (χ1n) is 8.00. The van der Waals surface area contributed by atoms with E-state index in [1.807, 2.05) is 0 Å². The molecule has 0 atom stereocenters. The molecule has 2 rings (SSSR count). The first-order chi connectivity index (χ1) is 12.3. The number of benzene rings is 2. The van der Waals surface area contributed by atoms with Gasteiger partial charge in [0.15, 0.2) is 0 Å². The van der Waals surface area contributed by atoms with Crippen LogP contribution in [0.5, 0.6) is 0 Å². The zero-order chi connectivity index (χ0) is 19.2. The van der Waals surface area contributed by atoms with Crippen LogP contribution in [-0.4, -0.2) is 34.6 Å². The number of anilines is 1. The summed E-state index contributed by atoms with van der Waals surface area (Å²) < 4.78 is 45.8. The Morgan fingerprint density at radius 2 is 1.92 bits per heavy atom. The van der Waals surface area contributed by atoms with Gasteiger partial charge in [-0.1, -0.05) is 12.1 Å². The topological polar surface area (TPSA) is 84.5 Å². The number of halogens is 1. The quantitative estimate of drug-likeness (QED) is 0.690. The van der Waals surface area contributed by atoms with Gasteiger partial charge < -0.3 is 10.1 Å². The SMILES string of the molecule is COCCCNC(=O)c1ccccc1NS(=O)(=O)c1ccc(F)c(C)c1. The number of amides is 1. The van der Waals surface area contributed by atoms with Crippen LogP contribution >= 0.6 is 0 Å². The third-order valence-corrected chi connectivity index (χ3v) is 5.03. The van der Waals surface area contributed by atoms with Crippen molar-refractivity contribution in [3.05, 3.63) is 59.4 Å². The third kappa shape index (κ3) is 5.03. The average molecular weight is 380 g/mol. The molecule has 0 heterocycles. The zero-order valence-electron chi connectivity index (χ0n) is 14.6. The molecule has 140 valence electrons. The highest BCUT2D eigenvalue weighted by atomic mass is 32.2. The second kappa shape index (κ2) is 8.77. The number of aryl methyl sites for hydroxylation is 1. The minimum atomic E-state index is -3.95. The Labute approximate surface area is 152 Å². The molecule has 0 spiro atoms. The fourth-order valence-corrected chi connectivity index (χ4v) is 3.44. The standard InChI is InChI=1S/C18H21FN2O4S/c1-13-12-14(8-9-16(13)19)26(23,24)21-17-7-4-3-6-15(17)18(22)20-10-5-11-25-2/h3-4,6-9,12,21H,5,10-11H2,1-2H3,(H,20,22). The number of hydrogen-bond acceptors (Lipinski definition) is 4. The van der Waals surface area contributed by atoms with Crippen LogP contribution in [0, 0.1) is 12.7 Å². The summed E-state index contributed by atoms with van der Waals surface area (Å²) in [6, 6.07) is 9.80. The lowest BCUT2D eigenvalue weighted by molar-refractivity contribution is 0.0949. The second-order valence-corrected chi connectivity index (χ2v) is 7.35. The maximum atomic E-state index is 13.4. The third-order valence-electron chi connectivity index (χ3n) is 3.67. The molecule has 0 radical (unpaired) electrons. The Bertz CT molecular complexity index is 885. The van der Waals surface area contributed by atoms with Crippen molar-refractivity contribution in [3.8, 4) is 0 Å². The first kappa shape index (κ1) is 19.9. The number of ether oxygens (including phenoxy) is 1. The maximum Gasteiger partial charge on any atom is 0.261 e. The molecule has 1 amide bonds. The molecular formula is C18H21FN2O4S. The Hall–Kier alpha value is -2.45. The van der Waals surface area contributed by atoms with E-state index in [1.54, 1.807) is 19.2 Å². The smallest absolute Gasteiger partial charge is 0.261 e. The van der Waals surface area contributed by atoms with Gasteiger partial charge >= 0.3 is 0 Å². The number of carbonyl (C=O) groups excluding carboxylic acids is 1. The van der Waals surface area contributed by atoms with Gasteiger partial charge in [0, 0.05) is 20.3 Å². The van der Waals surface area contributed by atoms with Gasteiger partial charge in [-0.25, -0.2) is 12.8 Å². The predicted octanol–water partition coefficient (Wildman–Crippen LogP) is 2.70. The van der Waals surface area contributed by atoms with Gasteiger partial charge in [0.05, 0.1) is 16.1 Å². The molecule has 0 bridgehead atoms. The van der Waals surface area contributed by atoms with E-state index in [1.165, 1.54) is 31.2 Å². The summed E-state index contributed by atoms with van der Waals surface area (Å²) in [5.41, 5.74) is 0.572. The fraction of sp³-hybridized carbons (Fsp3) is 0.278. The van der Waals surface area contributed by atoms with Gasteiger partial charge in [0.25, 0.3) is 15.9 Å². The maximum absolute atomic E-state index is 13.4. The Balaban J connectivity index is 2.21. The molecule has 0 saturated carbocycles. The molecule has 0 aliphatic carbocycles. The van der Waals surface area contributed by atoms with Crippen molar-refractivity contribution in [2.75, 3.05) is 25.0 Å². The molecule has 26 heavy (non-hydrogen) atoms. The highest BCUT2D eigenvalue weighted by Crippen LogP contribution is 2.21. The Morgan fingerprint density at radius 3 is 2.62 bits per heavy atom. The molecule has 8 heteroatoms. The van der Waals surface area contributed by atoms with Crippen molar-refractivity contribution in [3.63, 3.8) is 0 Å². The lowest BCUT2D eigenvalue weighted by Gasteiger charge is -2.13. The highest BCUT2D eigenvalue weighted by molar-refractivity contribution is 7.92. The average Bonchev–Trinajstić information content (AvgIpc) is 2.61. The van der Waals surface area contributed by atoms with Crippen LogP contribution in [0.25, 0.3) is 0 Å². The number of rotatable bonds is 8. The molecule has 0 unspecified atom stereocenters. The van der Waals surface area contributed by atoms with Crippen molar-refractivity contribution in [2.45, 2.75) is 18.2 Å². The van der Waals surface area contributed by atoms with E-state index in [0.717, 1.165) is 6.07 Å². The van der Waals surface area contributed by atoms with Gasteiger partial charge in [-0.2, -0.15) is 0 Å². The fourth-order valence-electron chi connectivity index (χ4n) is 2.27. The van der Waals surface area contributed by atoms with Crippen LogP contribution in [0.4, 0.5) is 10.1 Å². The summed E-state index contributed by atoms with van der Waals surface area (Å²) in [4.78, 5) is 12.2. The highest BCUT2D eigenvalue weighted by Gasteiger charge is 2.19. The van der Waals surface area contributed by atoms with Gasteiger partial charge in [-0.3, -0.25) is 9.52 Å². The summed E-state index contributed by atoms with van der Waals surface area (Å²) in [6.07, 6.45) is 0.644. The van der Waals surface area contributed by atoms with E-state index in [-0.39, 0.29) is 21.7 Å². The van der Waals surface area contributed by atoms with Gasteiger partial charge in [-0.15, -0.1) is 0 Å². The Kier molecular flexibility index (Phi) is 6.70. The minimum absolute atomic E-state index is 0.0771. The van der Waals surface area contributed by atoms with Crippen LogP contribution in [0.1, 0.15) is 22.3 Å². The van der Waals surface area contributed by atoms with E-state index < -0.39 is 21.7 Å². The summed E-state index contributed by atoms with van der Waals surface area (Å²) in [6.45, 7) is 2.40. The summed E-state index contributed by atoms with van der Waals surface area (Å²) >= 11 is 0. The number of carbonyl (C=O) groups is 1. The second-order valence-electron chi connectivity index (χ2n) is 5.66. The normalized spacial score (nSPS) is 11.2. The van der Waals surface area contributed by atoms with E-state index in [4.69, 9.17) is 4.74 Å². The molecule has 0 aliphatic heterocycles. The number of hydrogen-bond donors (Lipinski definition) is 2. The van der Waals surface area contributed by atoms with Crippen molar-refractivity contribution in [1.29, 1.82) is 0 Å². The molecule has 0 fully saturated rings. The number of para-hydroxylation sites is 1. The van der Waals surface area contributed by atoms with Crippen molar-refractivity contribution in [1.82, 2.24) is 5.32 Å². The summed E-state index contributed by atoms with van der Waals surface area (Å²) in [5.74, 6) is -0.880. The van der Waals surface area contributed by atoms with Crippen molar-refractivity contribution in [2.24, 2.45) is 0 Å². The van der Waals surface area contributed by atoms with E-state index >= 15 is 0 Å². The predicted molar refractivity (Wildman–Crippen MR) is 97.2 cm³/mol. The molecular weight excluding hydrogens is 359 g/mol. The molecule has 2 N–H and O–H groups in total. The van der Waals surface area contributed by atoms with Gasteiger partial charge in [0.1, 0.15) is 5.82 Å². The Morgan fingerprint density at radius 1 is 1.19 bits per heavy atom. The molecule has 0 aromatic heterocycles. The monoisotopic (exact) mass is 380 g/mol. The lowest BCUT2D eigenvalue weighted by atomic mass is 10.1. The first-order valence-corrected chi connectivity index (χ1v) is 9.48. The van der Waals surface area contributed by atoms with E-state index in [0.29, 0.717) is 19.6 Å². The molecule has 6 nitrogen and oxygen atoms in total. The number of methoxy groups -OCH3 is 1. The molecule has 0 saturated heterocycles. The van der Waals surface area contributed by atoms with Crippen LogP contribution in [0.3, 0.4) is 0 Å². The number of nitrogens with one attached hydrogen (secondary N) is 2.